The average Bonchev–Trinajstić information content (AvgIpc) is 3.06. The molecular formula is C18H17FN2O2S2. The van der Waals surface area contributed by atoms with Gasteiger partial charge in [-0.1, -0.05) is 42.1 Å². The number of anilines is 1. The number of rotatable bonds is 3. The van der Waals surface area contributed by atoms with Gasteiger partial charge in [0, 0.05) is 11.4 Å². The summed E-state index contributed by atoms with van der Waals surface area (Å²) < 4.78 is 37.0. The van der Waals surface area contributed by atoms with Crippen LogP contribution in [-0.4, -0.2) is 37.2 Å². The van der Waals surface area contributed by atoms with Crippen LogP contribution in [0.5, 0.6) is 0 Å². The second-order valence-electron chi connectivity index (χ2n) is 6.24. The Morgan fingerprint density at radius 1 is 1.08 bits per heavy atom. The Hall–Kier alpha value is -1.86. The van der Waals surface area contributed by atoms with Gasteiger partial charge in [-0.15, -0.1) is 0 Å². The quantitative estimate of drug-likeness (QED) is 0.826. The van der Waals surface area contributed by atoms with Crippen LogP contribution >= 0.6 is 11.8 Å². The molecule has 1 saturated heterocycles. The molecule has 2 aliphatic rings. The van der Waals surface area contributed by atoms with Crippen molar-refractivity contribution in [1.29, 1.82) is 0 Å². The number of aliphatic imine (C=N–C) groups is 1. The van der Waals surface area contributed by atoms with E-state index in [1.807, 2.05) is 35.2 Å². The van der Waals surface area contributed by atoms with Crippen molar-refractivity contribution in [1.82, 2.24) is 0 Å². The lowest BCUT2D eigenvalue weighted by Crippen LogP contribution is -2.39. The summed E-state index contributed by atoms with van der Waals surface area (Å²) in [5, 5.41) is 0.834. The number of para-hydroxylation sites is 1. The molecule has 25 heavy (non-hydrogen) atoms. The molecule has 2 heterocycles. The highest BCUT2D eigenvalue weighted by molar-refractivity contribution is 8.13. The van der Waals surface area contributed by atoms with E-state index < -0.39 is 9.84 Å². The number of thioether (sulfide) groups is 1. The van der Waals surface area contributed by atoms with Crippen molar-refractivity contribution in [3.8, 4) is 0 Å². The summed E-state index contributed by atoms with van der Waals surface area (Å²) in [6.45, 7) is 0. The maximum absolute atomic E-state index is 13.0. The molecule has 0 N–H and O–H groups in total. The fraction of sp³-hybridized carbons (Fsp3) is 0.278. The first kappa shape index (κ1) is 16.6. The number of amidine groups is 1. The van der Waals surface area contributed by atoms with Crippen LogP contribution in [0, 0.1) is 5.82 Å². The van der Waals surface area contributed by atoms with E-state index in [0.717, 1.165) is 16.4 Å². The SMILES string of the molecule is O=S1(=O)CC2N=C(SCc3ccc(F)cc3)N(c3ccccc3)C2C1. The van der Waals surface area contributed by atoms with E-state index in [-0.39, 0.29) is 29.4 Å². The van der Waals surface area contributed by atoms with Gasteiger partial charge in [-0.05, 0) is 29.8 Å². The molecule has 0 aromatic heterocycles. The van der Waals surface area contributed by atoms with Gasteiger partial charge >= 0.3 is 0 Å². The smallest absolute Gasteiger partial charge is 0.164 e. The first-order valence-electron chi connectivity index (χ1n) is 8.02. The highest BCUT2D eigenvalue weighted by Crippen LogP contribution is 2.35. The normalized spacial score (nSPS) is 24.2. The van der Waals surface area contributed by atoms with Gasteiger partial charge in [0.2, 0.25) is 0 Å². The highest BCUT2D eigenvalue weighted by Gasteiger charge is 2.47. The maximum atomic E-state index is 13.0. The lowest BCUT2D eigenvalue weighted by molar-refractivity contribution is 0.601. The summed E-state index contributed by atoms with van der Waals surface area (Å²) in [6.07, 6.45) is 0. The lowest BCUT2D eigenvalue weighted by atomic mass is 10.1. The minimum absolute atomic E-state index is 0.113. The van der Waals surface area contributed by atoms with Crippen molar-refractivity contribution in [2.45, 2.75) is 17.8 Å². The molecular weight excluding hydrogens is 359 g/mol. The monoisotopic (exact) mass is 376 g/mol. The Morgan fingerprint density at radius 3 is 2.52 bits per heavy atom. The molecule has 0 saturated carbocycles. The Bertz CT molecular complexity index is 898. The van der Waals surface area contributed by atoms with Crippen LogP contribution in [0.25, 0.3) is 0 Å². The van der Waals surface area contributed by atoms with Crippen molar-refractivity contribution in [3.05, 3.63) is 66.0 Å². The predicted octanol–water partition coefficient (Wildman–Crippen LogP) is 3.10. The van der Waals surface area contributed by atoms with E-state index in [0.29, 0.717) is 5.75 Å². The second kappa shape index (κ2) is 6.46. The summed E-state index contributed by atoms with van der Waals surface area (Å²) in [6, 6.07) is 15.8. The van der Waals surface area contributed by atoms with E-state index in [1.165, 1.54) is 12.1 Å². The summed E-state index contributed by atoms with van der Waals surface area (Å²) in [7, 11) is -3.04. The summed E-state index contributed by atoms with van der Waals surface area (Å²) in [4.78, 5) is 6.73. The molecule has 1 fully saturated rings. The Kier molecular flexibility index (Phi) is 4.29. The highest BCUT2D eigenvalue weighted by atomic mass is 32.2. The standard InChI is InChI=1S/C18H17FN2O2S2/c19-14-8-6-13(7-9-14)10-24-18-20-16-11-25(22,23)12-17(16)21(18)15-4-2-1-3-5-15/h1-9,16-17H,10-12H2. The van der Waals surface area contributed by atoms with Gasteiger partial charge < -0.3 is 4.90 Å². The van der Waals surface area contributed by atoms with Crippen molar-refractivity contribution in [2.24, 2.45) is 4.99 Å². The summed E-state index contributed by atoms with van der Waals surface area (Å²) >= 11 is 1.56. The molecule has 2 atom stereocenters. The third-order valence-corrected chi connectivity index (χ3v) is 7.16. The molecule has 2 aromatic rings. The first-order valence-corrected chi connectivity index (χ1v) is 10.8. The molecule has 7 heteroatoms. The van der Waals surface area contributed by atoms with Gasteiger partial charge in [-0.25, -0.2) is 12.8 Å². The zero-order valence-corrected chi connectivity index (χ0v) is 15.0. The zero-order chi connectivity index (χ0) is 17.4. The van der Waals surface area contributed by atoms with Crippen LogP contribution in [0.3, 0.4) is 0 Å². The van der Waals surface area contributed by atoms with Crippen LogP contribution in [-0.2, 0) is 15.6 Å². The molecule has 0 amide bonds. The molecule has 4 nitrogen and oxygen atoms in total. The molecule has 0 aliphatic carbocycles. The number of fused-ring (bicyclic) bond motifs is 1. The van der Waals surface area contributed by atoms with Gasteiger partial charge in [-0.2, -0.15) is 0 Å². The van der Waals surface area contributed by atoms with Crippen LogP contribution in [0.15, 0.2) is 59.6 Å². The van der Waals surface area contributed by atoms with E-state index >= 15 is 0 Å². The van der Waals surface area contributed by atoms with Crippen LogP contribution < -0.4 is 4.90 Å². The number of benzene rings is 2. The molecule has 0 spiro atoms. The number of halogens is 1. The van der Waals surface area contributed by atoms with Crippen molar-refractivity contribution in [2.75, 3.05) is 16.4 Å². The first-order chi connectivity index (χ1) is 12.0. The molecule has 4 rings (SSSR count). The van der Waals surface area contributed by atoms with Crippen LogP contribution in [0.2, 0.25) is 0 Å². The van der Waals surface area contributed by atoms with Gasteiger partial charge in [-0.3, -0.25) is 4.99 Å². The number of sulfone groups is 1. The largest absolute Gasteiger partial charge is 0.315 e. The third-order valence-electron chi connectivity index (χ3n) is 4.42. The van der Waals surface area contributed by atoms with Crippen LogP contribution in [0.4, 0.5) is 10.1 Å². The number of hydrogen-bond acceptors (Lipinski definition) is 5. The summed E-state index contributed by atoms with van der Waals surface area (Å²) in [5.41, 5.74) is 1.96. The lowest BCUT2D eigenvalue weighted by Gasteiger charge is -2.26. The van der Waals surface area contributed by atoms with E-state index in [1.54, 1.807) is 23.9 Å². The number of hydrogen-bond donors (Lipinski definition) is 0. The van der Waals surface area contributed by atoms with Crippen molar-refractivity contribution in [3.63, 3.8) is 0 Å². The number of nitrogens with zero attached hydrogens (tertiary/aromatic N) is 2. The Balaban J connectivity index is 1.59. The van der Waals surface area contributed by atoms with Gasteiger partial charge in [0.25, 0.3) is 0 Å². The third kappa shape index (κ3) is 3.43. The van der Waals surface area contributed by atoms with Crippen molar-refractivity contribution >= 4 is 32.5 Å². The second-order valence-corrected chi connectivity index (χ2v) is 9.34. The molecule has 0 radical (unpaired) electrons. The molecule has 2 aliphatic heterocycles. The van der Waals surface area contributed by atoms with E-state index in [9.17, 15) is 12.8 Å². The molecule has 130 valence electrons. The van der Waals surface area contributed by atoms with Gasteiger partial charge in [0.1, 0.15) is 5.82 Å². The molecule has 2 unspecified atom stereocenters. The fourth-order valence-electron chi connectivity index (χ4n) is 3.25. The van der Waals surface area contributed by atoms with Crippen molar-refractivity contribution < 1.29 is 12.8 Å². The Labute approximate surface area is 150 Å². The average molecular weight is 376 g/mol. The van der Waals surface area contributed by atoms with E-state index in [2.05, 4.69) is 4.99 Å². The maximum Gasteiger partial charge on any atom is 0.164 e. The Morgan fingerprint density at radius 2 is 1.80 bits per heavy atom. The minimum atomic E-state index is -3.04. The summed E-state index contributed by atoms with van der Waals surface area (Å²) in [5.74, 6) is 0.657. The molecule has 2 aromatic carbocycles. The van der Waals surface area contributed by atoms with E-state index in [4.69, 9.17) is 0 Å². The van der Waals surface area contributed by atoms with Crippen LogP contribution in [0.1, 0.15) is 5.56 Å². The minimum Gasteiger partial charge on any atom is -0.315 e. The zero-order valence-electron chi connectivity index (χ0n) is 13.4. The van der Waals surface area contributed by atoms with Gasteiger partial charge in [0.15, 0.2) is 15.0 Å². The van der Waals surface area contributed by atoms with Gasteiger partial charge in [0.05, 0.1) is 23.6 Å². The predicted molar refractivity (Wildman–Crippen MR) is 100 cm³/mol. The topological polar surface area (TPSA) is 49.7 Å². The molecule has 0 bridgehead atoms. The fourth-order valence-corrected chi connectivity index (χ4v) is 6.17.